The Bertz CT molecular complexity index is 1740. The van der Waals surface area contributed by atoms with Crippen molar-refractivity contribution in [3.8, 4) is 0 Å². The van der Waals surface area contributed by atoms with Gasteiger partial charge in [0.05, 0.1) is 78.2 Å². The summed E-state index contributed by atoms with van der Waals surface area (Å²) in [7, 11) is 0. The largest absolute Gasteiger partial charge is 0.377 e. The molecule has 0 spiro atoms. The maximum atomic E-state index is 13.0. The molecule has 4 N–H and O–H groups in total. The third-order valence-electron chi connectivity index (χ3n) is 9.44. The van der Waals surface area contributed by atoms with Gasteiger partial charge in [-0.1, -0.05) is 55.0 Å². The number of unbranched alkanes of at least 4 members (excludes halogenated alkanes) is 1. The van der Waals surface area contributed by atoms with E-state index in [2.05, 4.69) is 57.7 Å². The average molecular weight is 735 g/mol. The van der Waals surface area contributed by atoms with Crippen molar-refractivity contribution in [1.29, 1.82) is 0 Å². The second-order valence-corrected chi connectivity index (χ2v) is 14.3. The highest BCUT2D eigenvalue weighted by molar-refractivity contribution is 8.00. The van der Waals surface area contributed by atoms with Crippen molar-refractivity contribution in [3.63, 3.8) is 0 Å². The van der Waals surface area contributed by atoms with Crippen LogP contribution in [0.1, 0.15) is 36.0 Å². The molecule has 0 bridgehead atoms. The van der Waals surface area contributed by atoms with Crippen molar-refractivity contribution in [3.05, 3.63) is 60.2 Å². The van der Waals surface area contributed by atoms with Gasteiger partial charge < -0.3 is 45.0 Å². The lowest BCUT2D eigenvalue weighted by Crippen LogP contribution is -2.36. The minimum atomic E-state index is -0.108. The molecule has 13 heteroatoms. The van der Waals surface area contributed by atoms with Crippen LogP contribution in [0.25, 0.3) is 32.3 Å². The van der Waals surface area contributed by atoms with E-state index in [1.165, 1.54) is 16.2 Å². The van der Waals surface area contributed by atoms with Crippen LogP contribution in [0.15, 0.2) is 54.6 Å². The number of ether oxygens (including phenoxy) is 5. The molecule has 2 saturated heterocycles. The second kappa shape index (κ2) is 19.9. The van der Waals surface area contributed by atoms with Crippen LogP contribution in [0.3, 0.4) is 0 Å². The molecule has 4 aromatic rings. The fourth-order valence-electron chi connectivity index (χ4n) is 6.87. The van der Waals surface area contributed by atoms with Gasteiger partial charge >= 0.3 is 6.03 Å². The standard InChI is InChI=1S/C39H50N4O8S/c44-34(7-2-1-6-33-37-32(26-52-33)42-39(46)43-37)40-14-16-47-18-20-49-22-24-51-25-23-50-21-19-48-17-15-41-38(45)31-13-11-29-9-8-27-4-3-5-28-10-12-30(31)36(29)35(27)28/h3-5,8-13,32-33,37H,1-2,6-7,14-26H2,(H,40,44)(H,41,45)(H2,42,43,46). The minimum Gasteiger partial charge on any atom is -0.377 e. The number of urea groups is 1. The van der Waals surface area contributed by atoms with Gasteiger partial charge in [0.2, 0.25) is 5.91 Å². The van der Waals surface area contributed by atoms with Gasteiger partial charge in [-0.3, -0.25) is 9.59 Å². The molecule has 2 aliphatic rings. The van der Waals surface area contributed by atoms with E-state index in [4.69, 9.17) is 23.7 Å². The maximum Gasteiger partial charge on any atom is 0.315 e. The SMILES string of the molecule is O=C(CCCCC1SCC2NC(=O)NC21)NCCOCCOCCOCCOCCOCCNC(=O)c1ccc2ccc3cccc4ccc1c2c34. The lowest BCUT2D eigenvalue weighted by Gasteiger charge is -2.16. The first-order valence-corrected chi connectivity index (χ1v) is 19.4. The van der Waals surface area contributed by atoms with Crippen LogP contribution >= 0.6 is 11.8 Å². The molecule has 0 aliphatic carbocycles. The molecule has 0 radical (unpaired) electrons. The van der Waals surface area contributed by atoms with Crippen LogP contribution in [0.4, 0.5) is 4.79 Å². The predicted octanol–water partition coefficient (Wildman–Crippen LogP) is 4.24. The van der Waals surface area contributed by atoms with E-state index in [0.29, 0.717) is 96.4 Å². The highest BCUT2D eigenvalue weighted by Crippen LogP contribution is 2.36. The molecule has 4 amide bonds. The van der Waals surface area contributed by atoms with Gasteiger partial charge in [0.1, 0.15) is 0 Å². The monoisotopic (exact) mass is 734 g/mol. The lowest BCUT2D eigenvalue weighted by atomic mass is 9.92. The summed E-state index contributed by atoms with van der Waals surface area (Å²) >= 11 is 1.90. The number of rotatable bonds is 24. The molecule has 52 heavy (non-hydrogen) atoms. The fourth-order valence-corrected chi connectivity index (χ4v) is 8.42. The number of nitrogens with one attached hydrogen (secondary N) is 4. The number of fused-ring (bicyclic) bond motifs is 1. The molecule has 0 saturated carbocycles. The van der Waals surface area contributed by atoms with Gasteiger partial charge in [0.15, 0.2) is 0 Å². The number of carbonyl (C=O) groups excluding carboxylic acids is 3. The van der Waals surface area contributed by atoms with Crippen molar-refractivity contribution in [2.45, 2.75) is 43.0 Å². The number of benzene rings is 4. The Morgan fingerprint density at radius 3 is 1.92 bits per heavy atom. The predicted molar refractivity (Wildman–Crippen MR) is 204 cm³/mol. The van der Waals surface area contributed by atoms with Crippen molar-refractivity contribution in [1.82, 2.24) is 21.3 Å². The molecular weight excluding hydrogens is 685 g/mol. The van der Waals surface area contributed by atoms with Gasteiger partial charge in [0, 0.05) is 36.1 Å². The van der Waals surface area contributed by atoms with Crippen LogP contribution in [-0.2, 0) is 28.5 Å². The molecule has 2 aliphatic heterocycles. The molecule has 4 aromatic carbocycles. The van der Waals surface area contributed by atoms with Gasteiger partial charge in [-0.15, -0.1) is 0 Å². The van der Waals surface area contributed by atoms with E-state index in [0.717, 1.165) is 41.2 Å². The Morgan fingerprint density at radius 2 is 1.25 bits per heavy atom. The third-order valence-corrected chi connectivity index (χ3v) is 11.0. The zero-order valence-corrected chi connectivity index (χ0v) is 30.4. The van der Waals surface area contributed by atoms with Crippen molar-refractivity contribution in [2.75, 3.05) is 84.9 Å². The highest BCUT2D eigenvalue weighted by atomic mass is 32.2. The summed E-state index contributed by atoms with van der Waals surface area (Å²) < 4.78 is 27.8. The van der Waals surface area contributed by atoms with E-state index >= 15 is 0 Å². The van der Waals surface area contributed by atoms with Crippen molar-refractivity contribution >= 4 is 61.9 Å². The van der Waals surface area contributed by atoms with E-state index in [1.807, 2.05) is 30.0 Å². The first-order valence-electron chi connectivity index (χ1n) is 18.4. The number of hydrogen-bond acceptors (Lipinski definition) is 9. The van der Waals surface area contributed by atoms with Crippen molar-refractivity contribution in [2.24, 2.45) is 0 Å². The number of hydrogen-bond donors (Lipinski definition) is 4. The quantitative estimate of drug-likeness (QED) is 0.0472. The summed E-state index contributed by atoms with van der Waals surface area (Å²) in [6.07, 6.45) is 3.33. The third kappa shape index (κ3) is 10.5. The number of amides is 4. The first kappa shape index (κ1) is 38.0. The Hall–Kier alpha value is -3.72. The Kier molecular flexibility index (Phi) is 14.6. The van der Waals surface area contributed by atoms with E-state index in [-0.39, 0.29) is 29.9 Å². The Labute approximate surface area is 308 Å². The molecule has 12 nitrogen and oxygen atoms in total. The Morgan fingerprint density at radius 1 is 0.673 bits per heavy atom. The molecule has 6 rings (SSSR count). The van der Waals surface area contributed by atoms with E-state index < -0.39 is 0 Å². The van der Waals surface area contributed by atoms with Crippen LogP contribution in [-0.4, -0.2) is 120 Å². The fraction of sp³-hybridized carbons (Fsp3) is 0.513. The lowest BCUT2D eigenvalue weighted by molar-refractivity contribution is -0.121. The maximum absolute atomic E-state index is 13.0. The summed E-state index contributed by atoms with van der Waals surface area (Å²) in [5.41, 5.74) is 0.668. The number of thioether (sulfide) groups is 1. The molecular formula is C39H50N4O8S. The van der Waals surface area contributed by atoms with Crippen LogP contribution in [0.2, 0.25) is 0 Å². The van der Waals surface area contributed by atoms with Gasteiger partial charge in [0.25, 0.3) is 5.91 Å². The smallest absolute Gasteiger partial charge is 0.315 e. The van der Waals surface area contributed by atoms with Crippen molar-refractivity contribution < 1.29 is 38.1 Å². The summed E-state index contributed by atoms with van der Waals surface area (Å²) in [4.78, 5) is 36.6. The average Bonchev–Trinajstić information content (AvgIpc) is 3.72. The van der Waals surface area contributed by atoms with Gasteiger partial charge in [-0.05, 0) is 51.2 Å². The van der Waals surface area contributed by atoms with E-state index in [9.17, 15) is 14.4 Å². The second-order valence-electron chi connectivity index (χ2n) is 13.0. The zero-order valence-electron chi connectivity index (χ0n) is 29.6. The van der Waals surface area contributed by atoms with Crippen LogP contribution < -0.4 is 21.3 Å². The molecule has 2 heterocycles. The van der Waals surface area contributed by atoms with Crippen LogP contribution in [0, 0.1) is 0 Å². The molecule has 3 atom stereocenters. The minimum absolute atomic E-state index is 0.0408. The van der Waals surface area contributed by atoms with Gasteiger partial charge in [-0.2, -0.15) is 11.8 Å². The first-order chi connectivity index (χ1) is 25.6. The Balaban J connectivity index is 0.688. The summed E-state index contributed by atoms with van der Waals surface area (Å²) in [6, 6.07) is 19.0. The molecule has 280 valence electrons. The molecule has 0 aromatic heterocycles. The molecule has 3 unspecified atom stereocenters. The molecule has 2 fully saturated rings. The van der Waals surface area contributed by atoms with Crippen LogP contribution in [0.5, 0.6) is 0 Å². The summed E-state index contributed by atoms with van der Waals surface area (Å²) in [5.74, 6) is 0.891. The van der Waals surface area contributed by atoms with Gasteiger partial charge in [-0.25, -0.2) is 4.79 Å². The zero-order chi connectivity index (χ0) is 36.0. The number of carbonyl (C=O) groups is 3. The summed E-state index contributed by atoms with van der Waals surface area (Å²) in [5, 5.41) is 19.0. The highest BCUT2D eigenvalue weighted by Gasteiger charge is 2.42. The topological polar surface area (TPSA) is 145 Å². The normalized spacial score (nSPS) is 18.2. The summed E-state index contributed by atoms with van der Waals surface area (Å²) in [6.45, 7) is 5.38. The van der Waals surface area contributed by atoms with E-state index in [1.54, 1.807) is 0 Å².